The maximum absolute atomic E-state index is 13.0. The predicted octanol–water partition coefficient (Wildman–Crippen LogP) is 6.97. The Balaban J connectivity index is 2.39. The third-order valence-corrected chi connectivity index (χ3v) is 11.3. The molecule has 0 aromatic carbocycles. The van der Waals surface area contributed by atoms with Crippen LogP contribution in [0.3, 0.4) is 0 Å². The van der Waals surface area contributed by atoms with E-state index < -0.39 is 74.2 Å². The molecule has 1 heterocycles. The Labute approximate surface area is 335 Å². The number of unbranched alkanes of at least 4 members (excludes halogenated alkanes) is 23. The van der Waals surface area contributed by atoms with Gasteiger partial charge in [-0.1, -0.05) is 188 Å². The van der Waals surface area contributed by atoms with Crippen molar-refractivity contribution in [2.24, 2.45) is 5.92 Å². The molecule has 8 N–H and O–H groups in total. The minimum atomic E-state index is -1.66. The van der Waals surface area contributed by atoms with Gasteiger partial charge in [-0.2, -0.15) is 0 Å². The molecule has 1 amide bonds. The summed E-state index contributed by atoms with van der Waals surface area (Å²) in [6, 6.07) is -1.16. The molecule has 0 aliphatic carbocycles. The number of amides is 1. The van der Waals surface area contributed by atoms with Crippen molar-refractivity contribution in [3.63, 3.8) is 0 Å². The van der Waals surface area contributed by atoms with Gasteiger partial charge in [0, 0.05) is 0 Å². The van der Waals surface area contributed by atoms with Gasteiger partial charge < -0.3 is 50.5 Å². The molecule has 55 heavy (non-hydrogen) atoms. The second-order valence-electron chi connectivity index (χ2n) is 17.0. The zero-order valence-electron chi connectivity index (χ0n) is 35.3. The molecular formula is C44H87NO10. The number of carbonyl (C=O) groups excluding carboxylic acids is 1. The molecule has 1 aliphatic rings. The van der Waals surface area contributed by atoms with Gasteiger partial charge in [0.05, 0.1) is 25.4 Å². The summed E-state index contributed by atoms with van der Waals surface area (Å²) in [5.41, 5.74) is 0. The van der Waals surface area contributed by atoms with Gasteiger partial charge in [-0.15, -0.1) is 0 Å². The zero-order valence-corrected chi connectivity index (χ0v) is 35.3. The molecule has 9 atom stereocenters. The number of rotatable bonds is 37. The van der Waals surface area contributed by atoms with Crippen LogP contribution in [0.5, 0.6) is 0 Å². The molecule has 1 saturated heterocycles. The van der Waals surface area contributed by atoms with Crippen molar-refractivity contribution < 1.29 is 50.0 Å². The lowest BCUT2D eigenvalue weighted by Gasteiger charge is -2.40. The van der Waals surface area contributed by atoms with Crippen LogP contribution < -0.4 is 5.32 Å². The van der Waals surface area contributed by atoms with E-state index in [0.717, 1.165) is 38.5 Å². The fourth-order valence-electron chi connectivity index (χ4n) is 7.51. The van der Waals surface area contributed by atoms with E-state index in [2.05, 4.69) is 26.1 Å². The summed E-state index contributed by atoms with van der Waals surface area (Å²) in [7, 11) is 0. The van der Waals surface area contributed by atoms with Crippen molar-refractivity contribution in [2.45, 2.75) is 256 Å². The number of carbonyl (C=O) groups is 1. The molecule has 0 spiro atoms. The van der Waals surface area contributed by atoms with Crippen molar-refractivity contribution in [3.8, 4) is 0 Å². The van der Waals surface area contributed by atoms with E-state index in [1.165, 1.54) is 116 Å². The molecule has 1 fully saturated rings. The van der Waals surface area contributed by atoms with Crippen LogP contribution in [0.2, 0.25) is 0 Å². The molecule has 1 aliphatic heterocycles. The van der Waals surface area contributed by atoms with Crippen LogP contribution in [0.25, 0.3) is 0 Å². The monoisotopic (exact) mass is 790 g/mol. The van der Waals surface area contributed by atoms with E-state index in [-0.39, 0.29) is 6.42 Å². The highest BCUT2D eigenvalue weighted by atomic mass is 16.7. The molecule has 11 nitrogen and oxygen atoms in total. The third-order valence-electron chi connectivity index (χ3n) is 11.3. The number of aliphatic hydroxyl groups excluding tert-OH is 7. The van der Waals surface area contributed by atoms with E-state index in [4.69, 9.17) is 9.47 Å². The lowest BCUT2D eigenvalue weighted by atomic mass is 9.98. The topological polar surface area (TPSA) is 189 Å². The summed E-state index contributed by atoms with van der Waals surface area (Å²) in [6.45, 7) is 5.66. The predicted molar refractivity (Wildman–Crippen MR) is 219 cm³/mol. The van der Waals surface area contributed by atoms with Crippen LogP contribution in [0.1, 0.15) is 201 Å². The summed E-state index contributed by atoms with van der Waals surface area (Å²) < 4.78 is 11.1. The Morgan fingerprint density at radius 1 is 0.600 bits per heavy atom. The van der Waals surface area contributed by atoms with Crippen LogP contribution in [0, 0.1) is 5.92 Å². The Bertz CT molecular complexity index is 880. The van der Waals surface area contributed by atoms with E-state index in [9.17, 15) is 40.5 Å². The first-order valence-corrected chi connectivity index (χ1v) is 22.8. The first-order chi connectivity index (χ1) is 26.5. The number of aliphatic hydroxyl groups is 7. The molecule has 0 aromatic heterocycles. The number of hydrogen-bond acceptors (Lipinski definition) is 10. The second-order valence-corrected chi connectivity index (χ2v) is 17.0. The number of ether oxygens (including phenoxy) is 2. The first-order valence-electron chi connectivity index (χ1n) is 22.8. The van der Waals surface area contributed by atoms with E-state index >= 15 is 0 Å². The fraction of sp³-hybridized carbons (Fsp3) is 0.977. The molecular weight excluding hydrogens is 702 g/mol. The lowest BCUT2D eigenvalue weighted by molar-refractivity contribution is -0.303. The van der Waals surface area contributed by atoms with Crippen LogP contribution in [-0.4, -0.2) is 110 Å². The molecule has 0 saturated carbocycles. The Morgan fingerprint density at radius 3 is 1.45 bits per heavy atom. The quantitative estimate of drug-likeness (QED) is 0.0306. The smallest absolute Gasteiger partial charge is 0.249 e. The van der Waals surface area contributed by atoms with Crippen molar-refractivity contribution in [2.75, 3.05) is 13.2 Å². The van der Waals surface area contributed by atoms with Gasteiger partial charge in [-0.05, 0) is 18.8 Å². The number of hydrogen-bond donors (Lipinski definition) is 8. The summed E-state index contributed by atoms with van der Waals surface area (Å²) in [5, 5.41) is 75.4. The largest absolute Gasteiger partial charge is 0.394 e. The molecule has 0 bridgehead atoms. The Kier molecular flexibility index (Phi) is 32.2. The summed E-state index contributed by atoms with van der Waals surface area (Å²) in [5.74, 6) is 0.00626. The molecule has 328 valence electrons. The molecule has 0 radical (unpaired) electrons. The van der Waals surface area contributed by atoms with E-state index in [1.54, 1.807) is 0 Å². The van der Waals surface area contributed by atoms with Gasteiger partial charge in [0.1, 0.15) is 36.6 Å². The first kappa shape index (κ1) is 52.1. The van der Waals surface area contributed by atoms with E-state index in [1.807, 2.05) is 0 Å². The Morgan fingerprint density at radius 2 is 1.02 bits per heavy atom. The van der Waals surface area contributed by atoms with Gasteiger partial charge in [0.15, 0.2) is 6.29 Å². The van der Waals surface area contributed by atoms with E-state index in [0.29, 0.717) is 25.2 Å². The maximum atomic E-state index is 13.0. The summed E-state index contributed by atoms with van der Waals surface area (Å²) in [4.78, 5) is 13.0. The fourth-order valence-corrected chi connectivity index (χ4v) is 7.51. The van der Waals surface area contributed by atoms with Crippen molar-refractivity contribution >= 4 is 5.91 Å². The van der Waals surface area contributed by atoms with Crippen LogP contribution >= 0.6 is 0 Å². The average molecular weight is 790 g/mol. The zero-order chi connectivity index (χ0) is 40.7. The summed E-state index contributed by atoms with van der Waals surface area (Å²) in [6.07, 6.45) is 20.5. The van der Waals surface area contributed by atoms with Crippen LogP contribution in [0.4, 0.5) is 0 Å². The molecule has 1 rings (SSSR count). The van der Waals surface area contributed by atoms with Gasteiger partial charge >= 0.3 is 0 Å². The number of nitrogens with one attached hydrogen (secondary N) is 1. The minimum Gasteiger partial charge on any atom is -0.394 e. The highest BCUT2D eigenvalue weighted by molar-refractivity contribution is 5.80. The molecule has 0 aromatic rings. The molecule has 11 heteroatoms. The second kappa shape index (κ2) is 34.0. The standard InChI is InChI=1S/C44H87NO10/c1-4-5-6-7-8-9-10-11-12-13-14-15-16-17-18-19-20-25-28-31-37(48)43(53)45-35(33-54-44-42(52)41(51)40(50)38(32-46)55-44)39(49)36(47)30-27-24-22-21-23-26-29-34(2)3/h34-42,44,46-52H,4-33H2,1-3H3,(H,45,53)/t35-,36+,37+,38+,39-,40+,41-,42+,44+/m0/s1. The summed E-state index contributed by atoms with van der Waals surface area (Å²) >= 11 is 0. The van der Waals surface area contributed by atoms with Gasteiger partial charge in [-0.25, -0.2) is 0 Å². The van der Waals surface area contributed by atoms with Gasteiger partial charge in [-0.3, -0.25) is 4.79 Å². The molecule has 0 unspecified atom stereocenters. The van der Waals surface area contributed by atoms with Gasteiger partial charge in [0.2, 0.25) is 5.91 Å². The lowest BCUT2D eigenvalue weighted by Crippen LogP contribution is -2.60. The third kappa shape index (κ3) is 25.3. The maximum Gasteiger partial charge on any atom is 0.249 e. The van der Waals surface area contributed by atoms with Crippen molar-refractivity contribution in [3.05, 3.63) is 0 Å². The van der Waals surface area contributed by atoms with Crippen LogP contribution in [-0.2, 0) is 14.3 Å². The normalized spacial score (nSPS) is 22.5. The van der Waals surface area contributed by atoms with Crippen LogP contribution in [0.15, 0.2) is 0 Å². The van der Waals surface area contributed by atoms with Gasteiger partial charge in [0.25, 0.3) is 0 Å². The minimum absolute atomic E-state index is 0.265. The van der Waals surface area contributed by atoms with Crippen molar-refractivity contribution in [1.29, 1.82) is 0 Å². The highest BCUT2D eigenvalue weighted by Crippen LogP contribution is 2.23. The SMILES string of the molecule is CCCCCCCCCCCCCCCCCCCCC[C@@H](O)C(=O)N[C@@H](CO[C@@H]1O[C@H](CO)[C@@H](O)[C@H](O)[C@H]1O)[C@H](O)[C@H](O)CCCCCCCCC(C)C. The highest BCUT2D eigenvalue weighted by Gasteiger charge is 2.44. The average Bonchev–Trinajstić information content (AvgIpc) is 3.17. The Hall–Kier alpha value is -0.890. The van der Waals surface area contributed by atoms with Crippen molar-refractivity contribution in [1.82, 2.24) is 5.32 Å².